The minimum absolute atomic E-state index is 0.0140. The molecule has 23 heavy (non-hydrogen) atoms. The first kappa shape index (κ1) is 16.3. The number of carbonyl (C=O) groups excluding carboxylic acids is 1. The summed E-state index contributed by atoms with van der Waals surface area (Å²) in [5.41, 5.74) is 0. The van der Waals surface area contributed by atoms with Gasteiger partial charge < -0.3 is 19.9 Å². The van der Waals surface area contributed by atoms with Crippen LogP contribution in [-0.2, 0) is 11.8 Å². The number of hydrogen-bond donors (Lipinski definition) is 2. The fraction of sp³-hybridized carbons (Fsp3) is 0.765. The third-order valence-electron chi connectivity index (χ3n) is 5.34. The topological polar surface area (TPSA) is 68.2 Å². The normalized spacial score (nSPS) is 31.0. The molecule has 1 aromatic heterocycles. The molecule has 1 saturated carbocycles. The first-order valence-electron chi connectivity index (χ1n) is 8.78. The van der Waals surface area contributed by atoms with Crippen LogP contribution < -0.4 is 10.6 Å². The number of amides is 2. The Labute approximate surface area is 138 Å². The van der Waals surface area contributed by atoms with E-state index in [0.29, 0.717) is 18.4 Å². The van der Waals surface area contributed by atoms with Crippen LogP contribution in [0.1, 0.15) is 51.0 Å². The fourth-order valence-corrected chi connectivity index (χ4v) is 3.78. The molecule has 128 valence electrons. The van der Waals surface area contributed by atoms with Crippen LogP contribution in [0.15, 0.2) is 12.4 Å². The van der Waals surface area contributed by atoms with E-state index in [1.165, 1.54) is 25.7 Å². The minimum Gasteiger partial charge on any atom is -0.368 e. The van der Waals surface area contributed by atoms with Crippen LogP contribution in [0.4, 0.5) is 4.79 Å². The van der Waals surface area contributed by atoms with Crippen molar-refractivity contribution in [2.75, 3.05) is 13.2 Å². The average molecular weight is 320 g/mol. The molecule has 6 nitrogen and oxygen atoms in total. The lowest BCUT2D eigenvalue weighted by Crippen LogP contribution is -2.45. The van der Waals surface area contributed by atoms with Crippen molar-refractivity contribution < 1.29 is 9.53 Å². The number of imidazole rings is 1. The Morgan fingerprint density at radius 2 is 2.22 bits per heavy atom. The molecule has 6 heteroatoms. The van der Waals surface area contributed by atoms with Gasteiger partial charge in [-0.05, 0) is 24.7 Å². The summed E-state index contributed by atoms with van der Waals surface area (Å²) in [5.74, 6) is 2.19. The molecule has 1 saturated heterocycles. The van der Waals surface area contributed by atoms with Gasteiger partial charge in [0, 0.05) is 32.6 Å². The largest absolute Gasteiger partial charge is 0.368 e. The smallest absolute Gasteiger partial charge is 0.315 e. The Balaban J connectivity index is 1.50. The molecule has 2 unspecified atom stereocenters. The van der Waals surface area contributed by atoms with Crippen LogP contribution in [0, 0.1) is 11.8 Å². The Hall–Kier alpha value is -1.56. The fourth-order valence-electron chi connectivity index (χ4n) is 3.78. The lowest BCUT2D eigenvalue weighted by molar-refractivity contribution is 0.0907. The van der Waals surface area contributed by atoms with Crippen molar-refractivity contribution in [3.63, 3.8) is 0 Å². The summed E-state index contributed by atoms with van der Waals surface area (Å²) in [6.45, 7) is 3.72. The second-order valence-corrected chi connectivity index (χ2v) is 6.96. The molecule has 3 rings (SSSR count). The number of nitrogens with zero attached hydrogens (tertiary/aromatic N) is 2. The molecule has 0 radical (unpaired) electrons. The van der Waals surface area contributed by atoms with Crippen molar-refractivity contribution in [2.45, 2.75) is 51.2 Å². The lowest BCUT2D eigenvalue weighted by Gasteiger charge is -2.29. The Kier molecular flexibility index (Phi) is 5.20. The van der Waals surface area contributed by atoms with E-state index in [0.717, 1.165) is 18.8 Å². The van der Waals surface area contributed by atoms with E-state index in [-0.39, 0.29) is 18.2 Å². The van der Waals surface area contributed by atoms with E-state index in [4.69, 9.17) is 4.74 Å². The van der Waals surface area contributed by atoms with Crippen molar-refractivity contribution in [3.05, 3.63) is 18.2 Å². The molecule has 2 aliphatic rings. The quantitative estimate of drug-likeness (QED) is 0.895. The zero-order valence-electron chi connectivity index (χ0n) is 14.1. The summed E-state index contributed by atoms with van der Waals surface area (Å²) >= 11 is 0. The van der Waals surface area contributed by atoms with Gasteiger partial charge in [0.25, 0.3) is 0 Å². The SMILES string of the molecule is CC1CCCCC1CNC(=O)N[C@H]1CCO[C@@H]1c1nccn1C. The number of rotatable bonds is 4. The third-order valence-corrected chi connectivity index (χ3v) is 5.34. The predicted molar refractivity (Wildman–Crippen MR) is 88.0 cm³/mol. The first-order chi connectivity index (χ1) is 11.1. The van der Waals surface area contributed by atoms with Crippen molar-refractivity contribution in [3.8, 4) is 0 Å². The van der Waals surface area contributed by atoms with Crippen molar-refractivity contribution in [1.29, 1.82) is 0 Å². The van der Waals surface area contributed by atoms with Gasteiger partial charge >= 0.3 is 6.03 Å². The lowest BCUT2D eigenvalue weighted by atomic mass is 9.80. The van der Waals surface area contributed by atoms with E-state index in [1.54, 1.807) is 6.20 Å². The van der Waals surface area contributed by atoms with Crippen LogP contribution in [0.3, 0.4) is 0 Å². The average Bonchev–Trinajstić information content (AvgIpc) is 3.15. The van der Waals surface area contributed by atoms with Gasteiger partial charge in [-0.2, -0.15) is 0 Å². The second-order valence-electron chi connectivity index (χ2n) is 6.96. The molecule has 1 aliphatic heterocycles. The number of aryl methyl sites for hydroxylation is 1. The van der Waals surface area contributed by atoms with Gasteiger partial charge in [-0.25, -0.2) is 9.78 Å². The molecule has 2 amide bonds. The molecule has 0 aromatic carbocycles. The molecule has 2 N–H and O–H groups in total. The van der Waals surface area contributed by atoms with Gasteiger partial charge in [0.2, 0.25) is 0 Å². The maximum atomic E-state index is 12.2. The number of hydrogen-bond acceptors (Lipinski definition) is 3. The first-order valence-corrected chi connectivity index (χ1v) is 8.78. The van der Waals surface area contributed by atoms with E-state index in [9.17, 15) is 4.79 Å². The van der Waals surface area contributed by atoms with E-state index >= 15 is 0 Å². The van der Waals surface area contributed by atoms with Crippen LogP contribution in [0.5, 0.6) is 0 Å². The Morgan fingerprint density at radius 1 is 1.39 bits per heavy atom. The summed E-state index contributed by atoms with van der Waals surface area (Å²) in [7, 11) is 1.95. The predicted octanol–water partition coefficient (Wildman–Crippen LogP) is 2.38. The monoisotopic (exact) mass is 320 g/mol. The molecular formula is C17H28N4O2. The summed E-state index contributed by atoms with van der Waals surface area (Å²) in [6.07, 6.45) is 9.46. The van der Waals surface area contributed by atoms with E-state index < -0.39 is 0 Å². The molecule has 0 bridgehead atoms. The van der Waals surface area contributed by atoms with Gasteiger partial charge in [-0.1, -0.05) is 26.2 Å². The highest BCUT2D eigenvalue weighted by molar-refractivity contribution is 5.74. The molecule has 0 spiro atoms. The van der Waals surface area contributed by atoms with Crippen molar-refractivity contribution >= 4 is 6.03 Å². The van der Waals surface area contributed by atoms with Crippen molar-refractivity contribution in [2.24, 2.45) is 18.9 Å². The summed E-state index contributed by atoms with van der Waals surface area (Å²) in [5, 5.41) is 6.13. The van der Waals surface area contributed by atoms with Crippen LogP contribution in [-0.4, -0.2) is 34.8 Å². The highest BCUT2D eigenvalue weighted by Gasteiger charge is 2.33. The third kappa shape index (κ3) is 3.86. The van der Waals surface area contributed by atoms with Gasteiger partial charge in [0.05, 0.1) is 6.04 Å². The Bertz CT molecular complexity index is 530. The molecule has 1 aromatic rings. The minimum atomic E-state index is -0.158. The van der Waals surface area contributed by atoms with Gasteiger partial charge in [-0.15, -0.1) is 0 Å². The number of nitrogens with one attached hydrogen (secondary N) is 2. The highest BCUT2D eigenvalue weighted by atomic mass is 16.5. The Morgan fingerprint density at radius 3 is 2.96 bits per heavy atom. The maximum Gasteiger partial charge on any atom is 0.315 e. The molecule has 4 atom stereocenters. The van der Waals surface area contributed by atoms with Crippen molar-refractivity contribution in [1.82, 2.24) is 20.2 Å². The number of aromatic nitrogens is 2. The zero-order valence-corrected chi connectivity index (χ0v) is 14.1. The van der Waals surface area contributed by atoms with Gasteiger partial charge in [0.1, 0.15) is 11.9 Å². The summed E-state index contributed by atoms with van der Waals surface area (Å²) < 4.78 is 7.73. The number of urea groups is 1. The van der Waals surface area contributed by atoms with Crippen LogP contribution in [0.2, 0.25) is 0 Å². The van der Waals surface area contributed by atoms with Crippen LogP contribution in [0.25, 0.3) is 0 Å². The molecular weight excluding hydrogens is 292 g/mol. The zero-order chi connectivity index (χ0) is 16.2. The molecule has 1 aliphatic carbocycles. The molecule has 2 fully saturated rings. The van der Waals surface area contributed by atoms with Gasteiger partial charge in [-0.3, -0.25) is 0 Å². The number of carbonyl (C=O) groups is 1. The van der Waals surface area contributed by atoms with E-state index in [2.05, 4.69) is 22.5 Å². The summed E-state index contributed by atoms with van der Waals surface area (Å²) in [6, 6.07) is -0.0997. The highest BCUT2D eigenvalue weighted by Crippen LogP contribution is 2.29. The number of ether oxygens (including phenoxy) is 1. The molecule has 2 heterocycles. The maximum absolute atomic E-state index is 12.2. The second kappa shape index (κ2) is 7.34. The summed E-state index contributed by atoms with van der Waals surface area (Å²) in [4.78, 5) is 16.6. The standard InChI is InChI=1S/C17H28N4O2/c1-12-5-3-4-6-13(12)11-19-17(22)20-14-7-10-23-15(14)16-18-8-9-21(16)2/h8-9,12-15H,3-7,10-11H2,1-2H3,(H2,19,20,22)/t12?,13?,14-,15-/m0/s1. The van der Waals surface area contributed by atoms with E-state index in [1.807, 2.05) is 17.8 Å². The van der Waals surface area contributed by atoms with Crippen LogP contribution >= 0.6 is 0 Å². The van der Waals surface area contributed by atoms with Gasteiger partial charge in [0.15, 0.2) is 0 Å².